The van der Waals surface area contributed by atoms with Gasteiger partial charge in [0.25, 0.3) is 17.4 Å². The van der Waals surface area contributed by atoms with Crippen LogP contribution in [0.1, 0.15) is 139 Å². The Morgan fingerprint density at radius 1 is 0.812 bits per heavy atom. The van der Waals surface area contributed by atoms with E-state index in [1.807, 2.05) is 6.92 Å². The number of pyridine rings is 2. The summed E-state index contributed by atoms with van der Waals surface area (Å²) < 4.78 is 28.1. The molecule has 0 spiro atoms. The maximum absolute atomic E-state index is 15.7. The number of hydroxylamine groups is 2. The minimum absolute atomic E-state index is 0.0157. The van der Waals surface area contributed by atoms with Crippen LogP contribution in [0.2, 0.25) is 0 Å². The number of aliphatic hydroxyl groups excluding tert-OH is 5. The van der Waals surface area contributed by atoms with Crippen LogP contribution in [-0.4, -0.2) is 168 Å². The molecule has 0 aliphatic carbocycles. The quantitative estimate of drug-likeness (QED) is 0.0126. The smallest absolute Gasteiger partial charge is 0.343 e. The fourth-order valence-electron chi connectivity index (χ4n) is 10.4. The van der Waals surface area contributed by atoms with Crippen LogP contribution in [0.4, 0.5) is 4.39 Å². The first-order chi connectivity index (χ1) is 40.3. The van der Waals surface area contributed by atoms with Gasteiger partial charge in [-0.15, -0.1) is 5.06 Å². The number of hydrogen-bond acceptors (Lipinski definition) is 20. The van der Waals surface area contributed by atoms with Crippen LogP contribution in [0.15, 0.2) is 16.9 Å². The molecule has 11 N–H and O–H groups in total. The van der Waals surface area contributed by atoms with Crippen molar-refractivity contribution in [1.29, 1.82) is 0 Å². The topological polar surface area (TPSA) is 401 Å². The number of nitrogens with one attached hydrogen (secondary N) is 5. The Kier molecular flexibility index (Phi) is 23.3. The Bertz CT molecular complexity index is 3080. The molecular weight excluding hydrogens is 1120 g/mol. The van der Waals surface area contributed by atoms with E-state index in [9.17, 15) is 73.5 Å². The third-order valence-corrected chi connectivity index (χ3v) is 15.5. The van der Waals surface area contributed by atoms with E-state index in [1.54, 1.807) is 38.3 Å². The summed E-state index contributed by atoms with van der Waals surface area (Å²) in [6, 6.07) is -0.905. The first-order valence-corrected chi connectivity index (χ1v) is 28.5. The van der Waals surface area contributed by atoms with E-state index in [2.05, 4.69) is 26.6 Å². The summed E-state index contributed by atoms with van der Waals surface area (Å²) in [5.74, 6) is -7.91. The van der Waals surface area contributed by atoms with Crippen molar-refractivity contribution in [3.63, 3.8) is 0 Å². The normalized spacial score (nSPS) is 17.9. The maximum Gasteiger partial charge on any atom is 0.343 e. The number of halogens is 1. The molecule has 6 rings (SSSR count). The highest BCUT2D eigenvalue weighted by Crippen LogP contribution is 2.42. The van der Waals surface area contributed by atoms with Gasteiger partial charge in [0.1, 0.15) is 55.6 Å². The third-order valence-electron chi connectivity index (χ3n) is 15.5. The Hall–Kier alpha value is -7.34. The van der Waals surface area contributed by atoms with Crippen molar-refractivity contribution in [3.05, 3.63) is 61.7 Å². The summed E-state index contributed by atoms with van der Waals surface area (Å²) in [4.78, 5) is 139. The molecule has 0 bridgehead atoms. The number of amides is 7. The molecule has 1 saturated heterocycles. The number of aliphatic hydroxyl groups is 6. The van der Waals surface area contributed by atoms with Gasteiger partial charge in [-0.1, -0.05) is 27.7 Å². The number of fused-ring (bicyclic) bond motifs is 5. The highest BCUT2D eigenvalue weighted by Gasteiger charge is 2.46. The van der Waals surface area contributed by atoms with Crippen LogP contribution in [0, 0.1) is 18.7 Å². The molecule has 85 heavy (non-hydrogen) atoms. The predicted molar refractivity (Wildman–Crippen MR) is 296 cm³/mol. The molecule has 7 amide bonds. The zero-order chi connectivity index (χ0) is 62.6. The van der Waals surface area contributed by atoms with Gasteiger partial charge < -0.3 is 76.1 Å². The maximum atomic E-state index is 15.7. The van der Waals surface area contributed by atoms with Crippen LogP contribution >= 0.6 is 0 Å². The first-order valence-electron chi connectivity index (χ1n) is 28.5. The average molecular weight is 1200 g/mol. The van der Waals surface area contributed by atoms with E-state index in [0.717, 1.165) is 22.1 Å². The van der Waals surface area contributed by atoms with Crippen molar-refractivity contribution in [2.75, 3.05) is 26.5 Å². The summed E-state index contributed by atoms with van der Waals surface area (Å²) in [6.07, 6.45) is -6.91. The molecule has 0 radical (unpaired) electrons. The molecule has 1 aromatic carbocycles. The van der Waals surface area contributed by atoms with Gasteiger partial charge in [0.15, 0.2) is 5.60 Å². The van der Waals surface area contributed by atoms with Crippen molar-refractivity contribution in [1.82, 2.24) is 41.2 Å². The number of aromatic nitrogens is 2. The molecule has 3 aliphatic heterocycles. The van der Waals surface area contributed by atoms with Crippen molar-refractivity contribution in [3.8, 4) is 11.4 Å². The largest absolute Gasteiger partial charge is 0.458 e. The Labute approximate surface area is 488 Å². The zero-order valence-electron chi connectivity index (χ0n) is 48.4. The lowest BCUT2D eigenvalue weighted by atomic mass is 9.86. The van der Waals surface area contributed by atoms with E-state index < -0.39 is 138 Å². The summed E-state index contributed by atoms with van der Waals surface area (Å²) in [6.45, 7) is 8.19. The number of aryl methyl sites for hydroxylation is 2. The molecule has 27 nitrogen and oxygen atoms in total. The lowest BCUT2D eigenvalue weighted by Crippen LogP contribution is -2.58. The van der Waals surface area contributed by atoms with E-state index in [-0.39, 0.29) is 89.0 Å². The number of carbonyl (C=O) groups is 9. The SMILES string of the molecule is CCc1c2c(nc3cc(F)c(C)c(CCCCOCNC(=O)[C@H](C)NC(=O)[C@@H](NC(=O)[C@H](CCC(=O)NC[C@H](O)[C@@H](O)[C@H](O)[C@H](O)CO)NC(=O)CCCCC(=O)ON4C(=O)CCC4=O)C(C)C)c13)-c1cc3c(c(=O)n1C2)COC(=O)[C@]3(O)CC. The van der Waals surface area contributed by atoms with Gasteiger partial charge in [0, 0.05) is 67.8 Å². The van der Waals surface area contributed by atoms with Crippen LogP contribution in [0.5, 0.6) is 0 Å². The van der Waals surface area contributed by atoms with Gasteiger partial charge in [0.05, 0.1) is 41.7 Å². The number of benzene rings is 1. The molecular formula is C57H77FN8O19. The molecule has 28 heteroatoms. The Balaban J connectivity index is 1.01. The Morgan fingerprint density at radius 3 is 2.15 bits per heavy atom. The lowest BCUT2D eigenvalue weighted by Gasteiger charge is -2.31. The standard InChI is InChI=1S/C57H77FN8O19/c1-7-31-33-24-65-39(21-35-34(55(65)80)26-84-56(81)57(35,82)8-2)49(33)63-38-22-36(58)29(5)32(47(31)38)13-11-12-20-83-27-60-52(77)30(6)61-54(79)48(28(3)4)64-53(78)37(16-17-42(70)59-23-40(68)50(75)51(76)41(69)25-67)62-43(71)14-9-10-15-46(74)85-66-44(72)18-19-45(66)73/h21-22,28,30,37,40-41,48,50-51,67-69,75-76,82H,7-20,23-27H2,1-6H3,(H,59,70)(H,60,77)(H,61,79)(H,62,71)(H,64,78)/t30-,37-,40-,41+,48-,50+,51+,57-/m0/s1. The fraction of sp³-hybridized carbons (Fsp3) is 0.596. The van der Waals surface area contributed by atoms with E-state index in [4.69, 9.17) is 24.4 Å². The van der Waals surface area contributed by atoms with Crippen LogP contribution in [-0.2, 0) is 89.1 Å². The van der Waals surface area contributed by atoms with Crippen LogP contribution in [0.25, 0.3) is 22.3 Å². The van der Waals surface area contributed by atoms with Gasteiger partial charge in [0.2, 0.25) is 29.5 Å². The third kappa shape index (κ3) is 15.8. The zero-order valence-corrected chi connectivity index (χ0v) is 48.4. The van der Waals surface area contributed by atoms with Gasteiger partial charge in [-0.05, 0) is 93.9 Å². The first kappa shape index (κ1) is 66.8. The minimum Gasteiger partial charge on any atom is -0.458 e. The summed E-state index contributed by atoms with van der Waals surface area (Å²) >= 11 is 0. The number of cyclic esters (lactones) is 1. The molecule has 466 valence electrons. The molecule has 2 aromatic heterocycles. The lowest BCUT2D eigenvalue weighted by molar-refractivity contribution is -0.197. The number of nitrogens with zero attached hydrogens (tertiary/aromatic N) is 3. The summed E-state index contributed by atoms with van der Waals surface area (Å²) in [5, 5.41) is 73.9. The molecule has 0 unspecified atom stereocenters. The molecule has 0 saturated carbocycles. The van der Waals surface area contributed by atoms with E-state index in [0.29, 0.717) is 53.2 Å². The highest BCUT2D eigenvalue weighted by atomic mass is 19.1. The number of carbonyl (C=O) groups excluding carboxylic acids is 9. The van der Waals surface area contributed by atoms with Gasteiger partial charge >= 0.3 is 11.9 Å². The molecule has 1 fully saturated rings. The van der Waals surface area contributed by atoms with Crippen molar-refractivity contribution < 1.29 is 92.5 Å². The number of imide groups is 1. The fourth-order valence-corrected chi connectivity index (χ4v) is 10.4. The number of unbranched alkanes of at least 4 members (excludes halogenated alkanes) is 2. The summed E-state index contributed by atoms with van der Waals surface area (Å²) in [7, 11) is 0. The number of esters is 1. The molecule has 5 heterocycles. The second-order valence-corrected chi connectivity index (χ2v) is 21.8. The minimum atomic E-state index is -2.00. The van der Waals surface area contributed by atoms with Gasteiger partial charge in [-0.2, -0.15) is 0 Å². The molecule has 3 aliphatic rings. The van der Waals surface area contributed by atoms with E-state index in [1.165, 1.54) is 13.0 Å². The van der Waals surface area contributed by atoms with Crippen molar-refractivity contribution >= 4 is 64.2 Å². The van der Waals surface area contributed by atoms with E-state index >= 15 is 4.39 Å². The molecule has 8 atom stereocenters. The highest BCUT2D eigenvalue weighted by molar-refractivity contribution is 6.01. The van der Waals surface area contributed by atoms with Gasteiger partial charge in [-0.3, -0.25) is 38.4 Å². The monoisotopic (exact) mass is 1200 g/mol. The van der Waals surface area contributed by atoms with Gasteiger partial charge in [-0.25, -0.2) is 19.0 Å². The predicted octanol–water partition coefficient (Wildman–Crippen LogP) is -0.867. The Morgan fingerprint density at radius 2 is 1.49 bits per heavy atom. The number of ether oxygens (including phenoxy) is 2. The molecule has 3 aromatic rings. The van der Waals surface area contributed by atoms with Crippen molar-refractivity contribution in [2.24, 2.45) is 5.92 Å². The van der Waals surface area contributed by atoms with Crippen molar-refractivity contribution in [2.45, 2.75) is 186 Å². The second kappa shape index (κ2) is 29.6. The van der Waals surface area contributed by atoms with Crippen LogP contribution < -0.4 is 32.1 Å². The number of rotatable bonds is 31. The average Bonchev–Trinajstić information content (AvgIpc) is 1.72. The number of hydrogen-bond donors (Lipinski definition) is 11. The second-order valence-electron chi connectivity index (χ2n) is 21.8. The summed E-state index contributed by atoms with van der Waals surface area (Å²) in [5.41, 5.74) is 2.12. The van der Waals surface area contributed by atoms with Crippen LogP contribution in [0.3, 0.4) is 0 Å².